The molecule has 2 aromatic carbocycles. The monoisotopic (exact) mass is 413 g/mol. The summed E-state index contributed by atoms with van der Waals surface area (Å²) in [5.74, 6) is -1.75. The molecule has 0 amide bonds. The molecule has 1 aromatic heterocycles. The average molecular weight is 413 g/mol. The first kappa shape index (κ1) is 14.8. The van der Waals surface area contributed by atoms with E-state index in [4.69, 9.17) is 0 Å². The quantitative estimate of drug-likeness (QED) is 0.642. The topological polar surface area (TPSA) is 66.5 Å². The molecule has 8 heteroatoms. The van der Waals surface area contributed by atoms with Crippen LogP contribution in [0.3, 0.4) is 0 Å². The van der Waals surface area contributed by atoms with Crippen molar-refractivity contribution in [2.75, 3.05) is 5.32 Å². The van der Waals surface area contributed by atoms with Crippen molar-refractivity contribution >= 4 is 34.0 Å². The normalized spacial score (nSPS) is 10.7. The van der Waals surface area contributed by atoms with Crippen LogP contribution in [0.4, 0.5) is 20.2 Å². The highest BCUT2D eigenvalue weighted by molar-refractivity contribution is 14.1. The molecule has 0 aliphatic heterocycles. The Hall–Kier alpha value is -2.10. The molecule has 0 aliphatic rings. The van der Waals surface area contributed by atoms with Gasteiger partial charge in [0.05, 0.1) is 5.69 Å². The van der Waals surface area contributed by atoms with Crippen LogP contribution in [0.5, 0.6) is 0 Å². The van der Waals surface area contributed by atoms with Crippen molar-refractivity contribution in [1.29, 1.82) is 0 Å². The van der Waals surface area contributed by atoms with E-state index in [1.807, 2.05) is 25.1 Å². The van der Waals surface area contributed by atoms with Crippen LogP contribution in [-0.2, 0) is 0 Å². The number of hydrogen-bond donors (Lipinski definition) is 2. The number of anilines is 2. The fourth-order valence-corrected chi connectivity index (χ4v) is 2.68. The van der Waals surface area contributed by atoms with Crippen molar-refractivity contribution in [1.82, 2.24) is 20.6 Å². The minimum atomic E-state index is -0.986. The molecule has 0 bridgehead atoms. The number of nitrogens with one attached hydrogen (secondary N) is 2. The second-order valence-corrected chi connectivity index (χ2v) is 5.85. The molecule has 0 spiro atoms. The number of H-pyrrole nitrogens is 1. The van der Waals surface area contributed by atoms with E-state index in [9.17, 15) is 8.78 Å². The number of halogens is 3. The molecule has 5 nitrogen and oxygen atoms in total. The highest BCUT2D eigenvalue weighted by Gasteiger charge is 2.18. The van der Waals surface area contributed by atoms with Crippen LogP contribution < -0.4 is 5.32 Å². The van der Waals surface area contributed by atoms with Crippen LogP contribution in [0, 0.1) is 22.1 Å². The third-order valence-electron chi connectivity index (χ3n) is 3.13. The van der Waals surface area contributed by atoms with E-state index >= 15 is 0 Å². The number of rotatable bonds is 3. The zero-order chi connectivity index (χ0) is 15.7. The molecule has 22 heavy (non-hydrogen) atoms. The third-order valence-corrected chi connectivity index (χ3v) is 3.80. The molecule has 0 atom stereocenters. The van der Waals surface area contributed by atoms with Gasteiger partial charge in [0.25, 0.3) is 0 Å². The Labute approximate surface area is 138 Å². The summed E-state index contributed by atoms with van der Waals surface area (Å²) in [7, 11) is 0. The Bertz CT molecular complexity index is 820. The second-order valence-electron chi connectivity index (χ2n) is 4.60. The van der Waals surface area contributed by atoms with Crippen molar-refractivity contribution in [3.63, 3.8) is 0 Å². The fourth-order valence-electron chi connectivity index (χ4n) is 2.04. The first-order valence-electron chi connectivity index (χ1n) is 6.31. The van der Waals surface area contributed by atoms with E-state index < -0.39 is 11.6 Å². The summed E-state index contributed by atoms with van der Waals surface area (Å²) in [6.07, 6.45) is 0. The number of aromatic amines is 1. The number of tetrazole rings is 1. The maximum atomic E-state index is 14.2. The average Bonchev–Trinajstić information content (AvgIpc) is 3.00. The lowest BCUT2D eigenvalue weighted by atomic mass is 10.1. The van der Waals surface area contributed by atoms with E-state index in [1.54, 1.807) is 0 Å². The number of aryl methyl sites for hydroxylation is 1. The number of benzene rings is 2. The van der Waals surface area contributed by atoms with Gasteiger partial charge in [0.2, 0.25) is 5.82 Å². The Kier molecular flexibility index (Phi) is 4.01. The van der Waals surface area contributed by atoms with E-state index in [1.165, 1.54) is 6.07 Å². The first-order chi connectivity index (χ1) is 10.6. The summed E-state index contributed by atoms with van der Waals surface area (Å²) in [6, 6.07) is 8.07. The Balaban J connectivity index is 2.11. The molecule has 112 valence electrons. The predicted octanol–water partition coefficient (Wildman–Crippen LogP) is 3.80. The Morgan fingerprint density at radius 1 is 1.18 bits per heavy atom. The van der Waals surface area contributed by atoms with Gasteiger partial charge in [0, 0.05) is 14.8 Å². The van der Waals surface area contributed by atoms with Gasteiger partial charge < -0.3 is 5.32 Å². The summed E-state index contributed by atoms with van der Waals surface area (Å²) in [4.78, 5) is 0. The van der Waals surface area contributed by atoms with Crippen LogP contribution in [-0.4, -0.2) is 20.6 Å². The molecular formula is C14H10F2IN5. The van der Waals surface area contributed by atoms with Crippen molar-refractivity contribution in [2.24, 2.45) is 0 Å². The minimum Gasteiger partial charge on any atom is -0.352 e. The van der Waals surface area contributed by atoms with Gasteiger partial charge in [0.15, 0.2) is 11.6 Å². The van der Waals surface area contributed by atoms with Gasteiger partial charge in [-0.1, -0.05) is 0 Å². The molecule has 0 radical (unpaired) electrons. The summed E-state index contributed by atoms with van der Waals surface area (Å²) < 4.78 is 28.9. The molecule has 2 N–H and O–H groups in total. The lowest BCUT2D eigenvalue weighted by Crippen LogP contribution is -2.01. The van der Waals surface area contributed by atoms with E-state index in [0.717, 1.165) is 15.2 Å². The molecule has 3 rings (SSSR count). The highest BCUT2D eigenvalue weighted by Crippen LogP contribution is 2.33. The van der Waals surface area contributed by atoms with E-state index in [0.29, 0.717) is 11.3 Å². The van der Waals surface area contributed by atoms with Crippen LogP contribution >= 0.6 is 22.6 Å². The van der Waals surface area contributed by atoms with Gasteiger partial charge in [0.1, 0.15) is 0 Å². The van der Waals surface area contributed by atoms with Crippen LogP contribution in [0.25, 0.3) is 11.4 Å². The lowest BCUT2D eigenvalue weighted by molar-refractivity contribution is 0.512. The fraction of sp³-hybridized carbons (Fsp3) is 0.0714. The van der Waals surface area contributed by atoms with Crippen LogP contribution in [0.1, 0.15) is 5.56 Å². The highest BCUT2D eigenvalue weighted by atomic mass is 127. The third kappa shape index (κ3) is 2.78. The molecule has 0 saturated heterocycles. The lowest BCUT2D eigenvalue weighted by Gasteiger charge is -2.14. The van der Waals surface area contributed by atoms with Crippen molar-refractivity contribution in [2.45, 2.75) is 6.92 Å². The smallest absolute Gasteiger partial charge is 0.206 e. The predicted molar refractivity (Wildman–Crippen MR) is 86.7 cm³/mol. The minimum absolute atomic E-state index is 0.0225. The Morgan fingerprint density at radius 3 is 2.68 bits per heavy atom. The standard InChI is InChI=1S/C14H10F2IN5/c1-7-6-8(17)2-5-11(7)18-13-9(14-19-21-22-20-14)3-4-10(15)12(13)16/h2-6,18H,1H3,(H,19,20,21,22). The number of hydrogen-bond acceptors (Lipinski definition) is 4. The van der Waals surface area contributed by atoms with Crippen LogP contribution in [0.15, 0.2) is 30.3 Å². The zero-order valence-electron chi connectivity index (χ0n) is 11.4. The summed E-state index contributed by atoms with van der Waals surface area (Å²) in [6.45, 7) is 1.88. The SMILES string of the molecule is Cc1cc(I)ccc1Nc1c(-c2nn[nH]n2)ccc(F)c1F. The maximum Gasteiger partial charge on any atom is 0.206 e. The van der Waals surface area contributed by atoms with Gasteiger partial charge in [-0.15, -0.1) is 10.2 Å². The Morgan fingerprint density at radius 2 is 2.00 bits per heavy atom. The van der Waals surface area contributed by atoms with Gasteiger partial charge in [-0.05, 0) is 70.6 Å². The maximum absolute atomic E-state index is 14.2. The molecular weight excluding hydrogens is 403 g/mol. The van der Waals surface area contributed by atoms with Crippen LogP contribution in [0.2, 0.25) is 0 Å². The van der Waals surface area contributed by atoms with Gasteiger partial charge >= 0.3 is 0 Å². The van der Waals surface area contributed by atoms with Gasteiger partial charge in [-0.2, -0.15) is 5.21 Å². The van der Waals surface area contributed by atoms with Gasteiger partial charge in [-0.3, -0.25) is 0 Å². The summed E-state index contributed by atoms with van der Waals surface area (Å²) in [5.41, 5.74) is 1.89. The van der Waals surface area contributed by atoms with Gasteiger partial charge in [-0.25, -0.2) is 8.78 Å². The summed E-state index contributed by atoms with van der Waals surface area (Å²) in [5, 5.41) is 16.3. The largest absolute Gasteiger partial charge is 0.352 e. The van der Waals surface area contributed by atoms with E-state index in [-0.39, 0.29) is 11.5 Å². The second kappa shape index (κ2) is 5.95. The number of nitrogens with zero attached hydrogens (tertiary/aromatic N) is 3. The molecule has 1 heterocycles. The van der Waals surface area contributed by atoms with E-state index in [2.05, 4.69) is 48.5 Å². The summed E-state index contributed by atoms with van der Waals surface area (Å²) >= 11 is 2.19. The molecule has 0 saturated carbocycles. The molecule has 0 fully saturated rings. The van der Waals surface area contributed by atoms with Crippen molar-refractivity contribution in [3.8, 4) is 11.4 Å². The first-order valence-corrected chi connectivity index (χ1v) is 7.39. The zero-order valence-corrected chi connectivity index (χ0v) is 13.5. The molecule has 0 aliphatic carbocycles. The number of aromatic nitrogens is 4. The molecule has 0 unspecified atom stereocenters. The van der Waals surface area contributed by atoms with Crippen molar-refractivity contribution < 1.29 is 8.78 Å². The molecule has 3 aromatic rings. The van der Waals surface area contributed by atoms with Crippen molar-refractivity contribution in [3.05, 3.63) is 51.1 Å².